The van der Waals surface area contributed by atoms with Crippen LogP contribution in [0.3, 0.4) is 0 Å². The molecule has 2 aromatic rings. The van der Waals surface area contributed by atoms with Crippen LogP contribution >= 0.6 is 0 Å². The molecule has 6 heteroatoms. The molecule has 0 saturated heterocycles. The average Bonchev–Trinajstić information content (AvgIpc) is 2.51. The van der Waals surface area contributed by atoms with Crippen LogP contribution in [-0.2, 0) is 0 Å². The van der Waals surface area contributed by atoms with E-state index in [4.69, 9.17) is 0 Å². The molecule has 1 amide bonds. The summed E-state index contributed by atoms with van der Waals surface area (Å²) in [6.45, 7) is 1.45. The molecule has 0 atom stereocenters. The van der Waals surface area contributed by atoms with Crippen LogP contribution in [0.2, 0.25) is 0 Å². The van der Waals surface area contributed by atoms with Gasteiger partial charge in [-0.3, -0.25) is 4.79 Å². The number of nitrogens with one attached hydrogen (secondary N) is 2. The van der Waals surface area contributed by atoms with E-state index in [2.05, 4.69) is 15.3 Å². The van der Waals surface area contributed by atoms with E-state index in [-0.39, 0.29) is 11.6 Å². The monoisotopic (exact) mass is 300 g/mol. The second kappa shape index (κ2) is 7.51. The lowest BCUT2D eigenvalue weighted by molar-refractivity contribution is 0.0947. The lowest BCUT2D eigenvalue weighted by Crippen LogP contribution is -2.29. The van der Waals surface area contributed by atoms with Crippen molar-refractivity contribution in [2.24, 2.45) is 0 Å². The fraction of sp³-hybridized carbons (Fsp3) is 0.312. The minimum atomic E-state index is -0.528. The molecule has 0 aliphatic heterocycles. The first-order chi connectivity index (χ1) is 10.6. The number of hydrogen-bond acceptors (Lipinski definition) is 4. The standard InChI is InChI=1S/C16H20N4O2/c1-20(2)10-6-9-17-15(21)14-11-13(18-16(22)19-14)12-7-4-3-5-8-12/h3-5,7-8,11H,6,9-10H2,1-2H3,(H,17,21)(H,18,19,22). The SMILES string of the molecule is CN(C)CCCNC(=O)c1cc(-c2ccccc2)nc(=O)[nH]1. The van der Waals surface area contributed by atoms with Gasteiger partial charge in [-0.25, -0.2) is 4.79 Å². The normalized spacial score (nSPS) is 10.7. The Labute approximate surface area is 129 Å². The van der Waals surface area contributed by atoms with E-state index < -0.39 is 5.69 Å². The molecule has 0 bridgehead atoms. The molecule has 0 fully saturated rings. The first kappa shape index (κ1) is 15.9. The smallest absolute Gasteiger partial charge is 0.346 e. The lowest BCUT2D eigenvalue weighted by atomic mass is 10.1. The maximum atomic E-state index is 12.1. The first-order valence-corrected chi connectivity index (χ1v) is 7.16. The summed E-state index contributed by atoms with van der Waals surface area (Å²) in [6.07, 6.45) is 0.847. The van der Waals surface area contributed by atoms with Crippen LogP contribution < -0.4 is 11.0 Å². The second-order valence-electron chi connectivity index (χ2n) is 5.26. The lowest BCUT2D eigenvalue weighted by Gasteiger charge is -2.10. The van der Waals surface area contributed by atoms with E-state index in [9.17, 15) is 9.59 Å². The quantitative estimate of drug-likeness (QED) is 0.784. The van der Waals surface area contributed by atoms with Crippen LogP contribution in [0.25, 0.3) is 11.3 Å². The molecule has 0 saturated carbocycles. The third kappa shape index (κ3) is 4.53. The van der Waals surface area contributed by atoms with Gasteiger partial charge in [-0.05, 0) is 33.1 Å². The molecule has 0 aliphatic rings. The molecule has 1 aromatic heterocycles. The van der Waals surface area contributed by atoms with E-state index in [0.29, 0.717) is 12.2 Å². The molecule has 1 aromatic carbocycles. The molecule has 22 heavy (non-hydrogen) atoms. The van der Waals surface area contributed by atoms with Crippen molar-refractivity contribution in [1.82, 2.24) is 20.2 Å². The predicted octanol–water partition coefficient (Wildman–Crippen LogP) is 1.12. The minimum Gasteiger partial charge on any atom is -0.351 e. The predicted molar refractivity (Wildman–Crippen MR) is 85.8 cm³/mol. The van der Waals surface area contributed by atoms with Crippen molar-refractivity contribution < 1.29 is 4.79 Å². The van der Waals surface area contributed by atoms with E-state index in [1.807, 2.05) is 49.3 Å². The van der Waals surface area contributed by atoms with Crippen molar-refractivity contribution in [1.29, 1.82) is 0 Å². The molecule has 0 unspecified atom stereocenters. The van der Waals surface area contributed by atoms with E-state index in [0.717, 1.165) is 18.5 Å². The van der Waals surface area contributed by atoms with Crippen molar-refractivity contribution in [3.8, 4) is 11.3 Å². The Hall–Kier alpha value is -2.47. The maximum absolute atomic E-state index is 12.1. The summed E-state index contributed by atoms with van der Waals surface area (Å²) >= 11 is 0. The molecule has 0 radical (unpaired) electrons. The van der Waals surface area contributed by atoms with Gasteiger partial charge in [-0.2, -0.15) is 4.98 Å². The zero-order valence-electron chi connectivity index (χ0n) is 12.8. The molecule has 2 rings (SSSR count). The summed E-state index contributed by atoms with van der Waals surface area (Å²) in [6, 6.07) is 10.9. The second-order valence-corrected chi connectivity index (χ2v) is 5.26. The van der Waals surface area contributed by atoms with Gasteiger partial charge in [0.2, 0.25) is 0 Å². The Bertz CT molecular complexity index is 680. The summed E-state index contributed by atoms with van der Waals surface area (Å²) in [5, 5.41) is 2.80. The van der Waals surface area contributed by atoms with Crippen LogP contribution in [0.15, 0.2) is 41.2 Å². The Morgan fingerprint density at radius 1 is 1.27 bits per heavy atom. The number of carbonyl (C=O) groups excluding carboxylic acids is 1. The highest BCUT2D eigenvalue weighted by Gasteiger charge is 2.10. The Balaban J connectivity index is 2.10. The van der Waals surface area contributed by atoms with Gasteiger partial charge in [0.1, 0.15) is 5.69 Å². The van der Waals surface area contributed by atoms with Gasteiger partial charge >= 0.3 is 5.69 Å². The van der Waals surface area contributed by atoms with Crippen LogP contribution in [0.1, 0.15) is 16.9 Å². The molecule has 6 nitrogen and oxygen atoms in total. The molecular formula is C16H20N4O2. The summed E-state index contributed by atoms with van der Waals surface area (Å²) in [5.74, 6) is -0.296. The van der Waals surface area contributed by atoms with Crippen LogP contribution in [0.4, 0.5) is 0 Å². The number of benzene rings is 1. The molecule has 1 heterocycles. The van der Waals surface area contributed by atoms with Gasteiger partial charge in [0.05, 0.1) is 5.69 Å². The minimum absolute atomic E-state index is 0.226. The summed E-state index contributed by atoms with van der Waals surface area (Å²) in [5.41, 5.74) is 0.988. The highest BCUT2D eigenvalue weighted by molar-refractivity contribution is 5.93. The van der Waals surface area contributed by atoms with Gasteiger partial charge in [0.25, 0.3) is 5.91 Å². The van der Waals surface area contributed by atoms with Gasteiger partial charge in [-0.1, -0.05) is 30.3 Å². The molecule has 116 valence electrons. The third-order valence-corrected chi connectivity index (χ3v) is 3.13. The number of amides is 1. The van der Waals surface area contributed by atoms with Crippen molar-refractivity contribution in [3.63, 3.8) is 0 Å². The fourth-order valence-electron chi connectivity index (χ4n) is 2.03. The Morgan fingerprint density at radius 2 is 2.00 bits per heavy atom. The van der Waals surface area contributed by atoms with Gasteiger partial charge in [0, 0.05) is 12.1 Å². The number of nitrogens with zero attached hydrogens (tertiary/aromatic N) is 2. The Morgan fingerprint density at radius 3 is 2.68 bits per heavy atom. The number of aromatic nitrogens is 2. The van der Waals surface area contributed by atoms with Crippen LogP contribution in [-0.4, -0.2) is 48.0 Å². The van der Waals surface area contributed by atoms with E-state index >= 15 is 0 Å². The summed E-state index contributed by atoms with van der Waals surface area (Å²) in [7, 11) is 3.96. The zero-order valence-corrected chi connectivity index (χ0v) is 12.8. The van der Waals surface area contributed by atoms with E-state index in [1.165, 1.54) is 0 Å². The van der Waals surface area contributed by atoms with Crippen LogP contribution in [0, 0.1) is 0 Å². The third-order valence-electron chi connectivity index (χ3n) is 3.13. The molecule has 0 spiro atoms. The summed E-state index contributed by atoms with van der Waals surface area (Å²) in [4.78, 5) is 32.2. The van der Waals surface area contributed by atoms with Crippen molar-refractivity contribution >= 4 is 5.91 Å². The highest BCUT2D eigenvalue weighted by Crippen LogP contribution is 2.14. The van der Waals surface area contributed by atoms with Crippen molar-refractivity contribution in [2.75, 3.05) is 27.2 Å². The van der Waals surface area contributed by atoms with Crippen LogP contribution in [0.5, 0.6) is 0 Å². The van der Waals surface area contributed by atoms with E-state index in [1.54, 1.807) is 6.07 Å². The molecular weight excluding hydrogens is 280 g/mol. The summed E-state index contributed by atoms with van der Waals surface area (Å²) < 4.78 is 0. The fourth-order valence-corrected chi connectivity index (χ4v) is 2.03. The first-order valence-electron chi connectivity index (χ1n) is 7.16. The number of hydrogen-bond donors (Lipinski definition) is 2. The average molecular weight is 300 g/mol. The number of H-pyrrole nitrogens is 1. The maximum Gasteiger partial charge on any atom is 0.346 e. The van der Waals surface area contributed by atoms with Gasteiger partial charge in [-0.15, -0.1) is 0 Å². The zero-order chi connectivity index (χ0) is 15.9. The number of carbonyl (C=O) groups is 1. The van der Waals surface area contributed by atoms with Crippen molar-refractivity contribution in [3.05, 3.63) is 52.6 Å². The number of aromatic amines is 1. The molecule has 2 N–H and O–H groups in total. The van der Waals surface area contributed by atoms with Gasteiger partial charge < -0.3 is 15.2 Å². The number of rotatable bonds is 6. The molecule has 0 aliphatic carbocycles. The van der Waals surface area contributed by atoms with Crippen molar-refractivity contribution in [2.45, 2.75) is 6.42 Å². The topological polar surface area (TPSA) is 78.1 Å². The largest absolute Gasteiger partial charge is 0.351 e. The Kier molecular flexibility index (Phi) is 5.43. The highest BCUT2D eigenvalue weighted by atomic mass is 16.2. The van der Waals surface area contributed by atoms with Gasteiger partial charge in [0.15, 0.2) is 0 Å².